The second-order valence-corrected chi connectivity index (χ2v) is 6.75. The highest BCUT2D eigenvalue weighted by atomic mass is 32.1. The van der Waals surface area contributed by atoms with E-state index in [0.717, 1.165) is 33.3 Å². The van der Waals surface area contributed by atoms with E-state index in [4.69, 9.17) is 9.47 Å². The lowest BCUT2D eigenvalue weighted by molar-refractivity contribution is 0.356. The molecule has 0 bridgehead atoms. The second-order valence-electron chi connectivity index (χ2n) is 6.22. The largest absolute Gasteiger partial charge is 0.493 e. The number of anilines is 1. The Balaban J connectivity index is 1.75. The van der Waals surface area contributed by atoms with Crippen LogP contribution in [0.3, 0.4) is 0 Å². The van der Waals surface area contributed by atoms with Crippen molar-refractivity contribution in [1.82, 2.24) is 18.7 Å². The van der Waals surface area contributed by atoms with E-state index in [0.29, 0.717) is 17.3 Å². The number of nitrogens with one attached hydrogen (secondary N) is 1. The van der Waals surface area contributed by atoms with Crippen molar-refractivity contribution in [3.8, 4) is 11.5 Å². The fourth-order valence-electron chi connectivity index (χ4n) is 3.04. The van der Waals surface area contributed by atoms with Gasteiger partial charge in [0.15, 0.2) is 11.5 Å². The van der Waals surface area contributed by atoms with Gasteiger partial charge in [0, 0.05) is 11.5 Å². The number of benzene rings is 2. The average Bonchev–Trinajstić information content (AvgIpc) is 3.14. The van der Waals surface area contributed by atoms with E-state index in [1.54, 1.807) is 14.2 Å². The molecule has 0 aliphatic carbocycles. The molecule has 0 saturated heterocycles. The average molecular weight is 381 g/mol. The summed E-state index contributed by atoms with van der Waals surface area (Å²) in [5, 5.41) is 4.37. The number of hydrogen-bond acceptors (Lipinski definition) is 8. The summed E-state index contributed by atoms with van der Waals surface area (Å²) in [5.41, 5.74) is 3.73. The summed E-state index contributed by atoms with van der Waals surface area (Å²) in [4.78, 5) is 9.14. The van der Waals surface area contributed by atoms with Gasteiger partial charge in [-0.15, -0.1) is 0 Å². The Kier molecular flexibility index (Phi) is 4.49. The van der Waals surface area contributed by atoms with Gasteiger partial charge in [0.1, 0.15) is 22.7 Å². The van der Waals surface area contributed by atoms with Gasteiger partial charge in [-0.05, 0) is 37.6 Å². The zero-order valence-electron chi connectivity index (χ0n) is 15.5. The van der Waals surface area contributed by atoms with Crippen LogP contribution in [0, 0.1) is 6.92 Å². The number of rotatable bonds is 5. The minimum Gasteiger partial charge on any atom is -0.493 e. The van der Waals surface area contributed by atoms with E-state index < -0.39 is 0 Å². The van der Waals surface area contributed by atoms with Gasteiger partial charge in [-0.2, -0.15) is 8.75 Å². The summed E-state index contributed by atoms with van der Waals surface area (Å²) in [6.07, 6.45) is 0. The topological polar surface area (TPSA) is 82.1 Å². The zero-order chi connectivity index (χ0) is 19.0. The minimum absolute atomic E-state index is 0.0293. The van der Waals surface area contributed by atoms with Crippen molar-refractivity contribution >= 4 is 39.5 Å². The fraction of sp³-hybridized carbons (Fsp3) is 0.263. The summed E-state index contributed by atoms with van der Waals surface area (Å²) < 4.78 is 19.4. The molecule has 0 aliphatic rings. The first-order chi connectivity index (χ1) is 13.1. The Labute approximate surface area is 160 Å². The van der Waals surface area contributed by atoms with Crippen LogP contribution in [-0.4, -0.2) is 32.9 Å². The molecule has 2 aromatic heterocycles. The van der Waals surface area contributed by atoms with Crippen molar-refractivity contribution in [2.24, 2.45) is 0 Å². The monoisotopic (exact) mass is 381 g/mol. The summed E-state index contributed by atoms with van der Waals surface area (Å²) in [5.74, 6) is 2.72. The van der Waals surface area contributed by atoms with Crippen LogP contribution in [0.15, 0.2) is 30.3 Å². The molecule has 0 amide bonds. The van der Waals surface area contributed by atoms with Gasteiger partial charge in [-0.1, -0.05) is 6.07 Å². The van der Waals surface area contributed by atoms with E-state index >= 15 is 0 Å². The van der Waals surface area contributed by atoms with Crippen molar-refractivity contribution in [3.05, 3.63) is 41.7 Å². The highest BCUT2D eigenvalue weighted by molar-refractivity contribution is 7.00. The molecule has 8 heteroatoms. The van der Waals surface area contributed by atoms with Crippen LogP contribution in [0.5, 0.6) is 11.5 Å². The van der Waals surface area contributed by atoms with E-state index in [1.807, 2.05) is 25.1 Å². The highest BCUT2D eigenvalue weighted by Crippen LogP contribution is 2.35. The maximum Gasteiger partial charge on any atom is 0.162 e. The first-order valence-electron chi connectivity index (χ1n) is 8.48. The fourth-order valence-corrected chi connectivity index (χ4v) is 3.56. The van der Waals surface area contributed by atoms with E-state index in [9.17, 15) is 0 Å². The van der Waals surface area contributed by atoms with Gasteiger partial charge in [0.25, 0.3) is 0 Å². The van der Waals surface area contributed by atoms with Crippen molar-refractivity contribution in [1.29, 1.82) is 0 Å². The molecule has 2 heterocycles. The molecule has 0 saturated carbocycles. The van der Waals surface area contributed by atoms with Crippen molar-refractivity contribution < 1.29 is 9.47 Å². The maximum absolute atomic E-state index is 5.44. The second kappa shape index (κ2) is 6.96. The van der Waals surface area contributed by atoms with Crippen LogP contribution in [0.2, 0.25) is 0 Å². The lowest BCUT2D eigenvalue weighted by Crippen LogP contribution is -2.09. The van der Waals surface area contributed by atoms with Crippen LogP contribution in [0.1, 0.15) is 24.4 Å². The number of methoxy groups -OCH3 is 2. The zero-order valence-corrected chi connectivity index (χ0v) is 16.3. The Morgan fingerprint density at radius 1 is 0.926 bits per heavy atom. The third kappa shape index (κ3) is 3.23. The lowest BCUT2D eigenvalue weighted by Gasteiger charge is -2.18. The molecule has 1 atom stereocenters. The molecule has 4 rings (SSSR count). The van der Waals surface area contributed by atoms with Crippen LogP contribution in [0.25, 0.3) is 21.9 Å². The van der Waals surface area contributed by atoms with Gasteiger partial charge >= 0.3 is 0 Å². The molecule has 0 spiro atoms. The molecule has 0 fully saturated rings. The van der Waals surface area contributed by atoms with Crippen LogP contribution in [0.4, 0.5) is 5.82 Å². The lowest BCUT2D eigenvalue weighted by atomic mass is 10.1. The molecule has 2 aromatic carbocycles. The van der Waals surface area contributed by atoms with E-state index in [2.05, 4.69) is 43.1 Å². The Bertz CT molecular complexity index is 1130. The number of aryl methyl sites for hydroxylation is 1. The predicted octanol–water partition coefficient (Wildman–Crippen LogP) is 4.13. The molecule has 4 aromatic rings. The minimum atomic E-state index is 0.0293. The first-order valence-corrected chi connectivity index (χ1v) is 9.21. The third-order valence-corrected chi connectivity index (χ3v) is 5.00. The summed E-state index contributed by atoms with van der Waals surface area (Å²) in [6, 6.07) is 9.89. The van der Waals surface area contributed by atoms with E-state index in [-0.39, 0.29) is 6.04 Å². The number of ether oxygens (including phenoxy) is 2. The predicted molar refractivity (Wildman–Crippen MR) is 107 cm³/mol. The van der Waals surface area contributed by atoms with Crippen LogP contribution in [-0.2, 0) is 0 Å². The molecular formula is C19H19N5O2S. The molecule has 138 valence electrons. The standard InChI is InChI=1S/C19H19N5O2S/c1-10(12-5-6-14-16(7-12)24-27-23-14)20-19-13-8-17(25-3)18(26-4)9-15(13)21-11(2)22-19/h5-10H,1-4H3,(H,20,21,22). The molecule has 27 heavy (non-hydrogen) atoms. The number of aromatic nitrogens is 4. The number of hydrogen-bond donors (Lipinski definition) is 1. The number of fused-ring (bicyclic) bond motifs is 2. The van der Waals surface area contributed by atoms with Crippen LogP contribution >= 0.6 is 11.7 Å². The molecule has 7 nitrogen and oxygen atoms in total. The Morgan fingerprint density at radius 3 is 2.44 bits per heavy atom. The summed E-state index contributed by atoms with van der Waals surface area (Å²) in [7, 11) is 3.23. The smallest absolute Gasteiger partial charge is 0.162 e. The van der Waals surface area contributed by atoms with Crippen molar-refractivity contribution in [2.45, 2.75) is 19.9 Å². The molecule has 1 unspecified atom stereocenters. The van der Waals surface area contributed by atoms with Crippen molar-refractivity contribution in [2.75, 3.05) is 19.5 Å². The number of nitrogens with zero attached hydrogens (tertiary/aromatic N) is 4. The summed E-state index contributed by atoms with van der Waals surface area (Å²) >= 11 is 1.22. The normalized spacial score (nSPS) is 12.3. The van der Waals surface area contributed by atoms with Crippen molar-refractivity contribution in [3.63, 3.8) is 0 Å². The van der Waals surface area contributed by atoms with E-state index in [1.165, 1.54) is 11.7 Å². The quantitative estimate of drug-likeness (QED) is 0.556. The van der Waals surface area contributed by atoms with Gasteiger partial charge in [0.05, 0.1) is 37.5 Å². The molecule has 0 radical (unpaired) electrons. The van der Waals surface area contributed by atoms with Gasteiger partial charge < -0.3 is 14.8 Å². The Hall–Kier alpha value is -3.00. The molecule has 1 N–H and O–H groups in total. The Morgan fingerprint density at radius 2 is 1.67 bits per heavy atom. The molecule has 0 aliphatic heterocycles. The van der Waals surface area contributed by atoms with Gasteiger partial charge in [-0.3, -0.25) is 0 Å². The third-order valence-electron chi connectivity index (χ3n) is 4.44. The highest BCUT2D eigenvalue weighted by Gasteiger charge is 2.15. The van der Waals surface area contributed by atoms with Gasteiger partial charge in [-0.25, -0.2) is 9.97 Å². The summed E-state index contributed by atoms with van der Waals surface area (Å²) in [6.45, 7) is 3.96. The molecular weight excluding hydrogens is 362 g/mol. The SMILES string of the molecule is COc1cc2nc(C)nc(NC(C)c3ccc4nsnc4c3)c2cc1OC. The maximum atomic E-state index is 5.44. The first kappa shape index (κ1) is 17.4. The van der Waals surface area contributed by atoms with Crippen LogP contribution < -0.4 is 14.8 Å². The van der Waals surface area contributed by atoms with Gasteiger partial charge in [0.2, 0.25) is 0 Å².